The van der Waals surface area contributed by atoms with E-state index < -0.39 is 36.0 Å². The number of amides is 4. The molecule has 4 rings (SSSR count). The first kappa shape index (κ1) is 32.4. The van der Waals surface area contributed by atoms with Gasteiger partial charge in [-0.3, -0.25) is 19.2 Å². The van der Waals surface area contributed by atoms with Crippen molar-refractivity contribution < 1.29 is 48.4 Å². The topological polar surface area (TPSA) is 188 Å². The fourth-order valence-electron chi connectivity index (χ4n) is 4.97. The highest BCUT2D eigenvalue weighted by Gasteiger charge is 2.31. The fraction of sp³-hybridized carbons (Fsp3) is 0.517. The van der Waals surface area contributed by atoms with Gasteiger partial charge in [0.1, 0.15) is 17.5 Å². The molecule has 2 fully saturated rings. The highest BCUT2D eigenvalue weighted by atomic mass is 16.6. The van der Waals surface area contributed by atoms with Gasteiger partial charge in [-0.1, -0.05) is 12.1 Å². The molecule has 3 heterocycles. The van der Waals surface area contributed by atoms with Crippen LogP contribution in [-0.2, 0) is 23.9 Å². The largest absolute Gasteiger partial charge is 0.483 e. The molecule has 2 atom stereocenters. The number of hydrogen-bond acceptors (Lipinski definition) is 10. The molecule has 3 N–H and O–H groups in total. The molecule has 15 nitrogen and oxygen atoms in total. The standard InChI is InChI=1S/C29H37N5O10/c1-2-42-29(41)33-11-9-32(10-12-33)28(40)22(7-8-26(37)38)31-27(39)23-15-24(20-5-3-4-6-21(20)30-23)44-18-25(36)34-13-14-43-19(16-34)17-35/h3-6,15,19,22,35H,2,7-14,16-18H2,1H3,(H,31,39)(H,37,38). The summed E-state index contributed by atoms with van der Waals surface area (Å²) in [5, 5.41) is 21.8. The third-order valence-corrected chi connectivity index (χ3v) is 7.32. The van der Waals surface area contributed by atoms with E-state index in [1.165, 1.54) is 20.8 Å². The number of aliphatic hydroxyl groups excluding tert-OH is 1. The van der Waals surface area contributed by atoms with Gasteiger partial charge < -0.3 is 44.4 Å². The third kappa shape index (κ3) is 8.32. The average Bonchev–Trinajstić information content (AvgIpc) is 3.04. The molecule has 2 aromatic rings. The number of rotatable bonds is 11. The Morgan fingerprint density at radius 1 is 1.07 bits per heavy atom. The van der Waals surface area contributed by atoms with Crippen LogP contribution in [0.15, 0.2) is 30.3 Å². The van der Waals surface area contributed by atoms with Crippen LogP contribution in [0.25, 0.3) is 10.9 Å². The molecule has 2 aliphatic rings. The number of nitrogens with zero attached hydrogens (tertiary/aromatic N) is 4. The molecular weight excluding hydrogens is 578 g/mol. The Balaban J connectivity index is 1.47. The van der Waals surface area contributed by atoms with Crippen LogP contribution in [0.3, 0.4) is 0 Å². The maximum absolute atomic E-state index is 13.4. The molecular formula is C29H37N5O10. The van der Waals surface area contributed by atoms with Crippen LogP contribution in [0.4, 0.5) is 4.79 Å². The minimum absolute atomic E-state index is 0.0851. The number of aliphatic hydroxyl groups is 1. The van der Waals surface area contributed by atoms with Crippen molar-refractivity contribution >= 4 is 40.7 Å². The minimum Gasteiger partial charge on any atom is -0.483 e. The first-order valence-corrected chi connectivity index (χ1v) is 14.5. The third-order valence-electron chi connectivity index (χ3n) is 7.32. The summed E-state index contributed by atoms with van der Waals surface area (Å²) in [5.41, 5.74) is 0.330. The van der Waals surface area contributed by atoms with E-state index in [2.05, 4.69) is 10.3 Å². The quantitative estimate of drug-likeness (QED) is 0.311. The highest BCUT2D eigenvalue weighted by Crippen LogP contribution is 2.26. The van der Waals surface area contributed by atoms with Crippen molar-refractivity contribution in [1.29, 1.82) is 0 Å². The summed E-state index contributed by atoms with van der Waals surface area (Å²) in [5.74, 6) is -2.41. The van der Waals surface area contributed by atoms with Crippen molar-refractivity contribution in [3.8, 4) is 5.75 Å². The number of para-hydroxylation sites is 1. The van der Waals surface area contributed by atoms with Crippen molar-refractivity contribution in [2.45, 2.75) is 31.9 Å². The number of carbonyl (C=O) groups excluding carboxylic acids is 4. The highest BCUT2D eigenvalue weighted by molar-refractivity contribution is 5.99. The zero-order valence-electron chi connectivity index (χ0n) is 24.5. The monoisotopic (exact) mass is 615 g/mol. The van der Waals surface area contributed by atoms with Crippen molar-refractivity contribution in [2.24, 2.45) is 0 Å². The zero-order chi connectivity index (χ0) is 31.6. The lowest BCUT2D eigenvalue weighted by atomic mass is 10.1. The number of aromatic nitrogens is 1. The SMILES string of the molecule is CCOC(=O)N1CCN(C(=O)C(CCC(=O)O)NC(=O)c2cc(OCC(=O)N3CCOC(CO)C3)c3ccccc3n2)CC1. The van der Waals surface area contributed by atoms with Crippen LogP contribution < -0.4 is 10.1 Å². The lowest BCUT2D eigenvalue weighted by Gasteiger charge is -2.35. The molecule has 2 saturated heterocycles. The van der Waals surface area contributed by atoms with Gasteiger partial charge in [-0.05, 0) is 25.5 Å². The summed E-state index contributed by atoms with van der Waals surface area (Å²) >= 11 is 0. The second-order valence-electron chi connectivity index (χ2n) is 10.3. The second kappa shape index (κ2) is 15.3. The van der Waals surface area contributed by atoms with Gasteiger partial charge in [0.05, 0.1) is 31.4 Å². The zero-order valence-corrected chi connectivity index (χ0v) is 24.5. The molecule has 15 heteroatoms. The maximum Gasteiger partial charge on any atom is 0.409 e. The molecule has 0 bridgehead atoms. The van der Waals surface area contributed by atoms with Gasteiger partial charge in [0, 0.05) is 57.1 Å². The van der Waals surface area contributed by atoms with Crippen LogP contribution in [0.5, 0.6) is 5.75 Å². The molecule has 2 unspecified atom stereocenters. The first-order chi connectivity index (χ1) is 21.2. The van der Waals surface area contributed by atoms with Gasteiger partial charge in [-0.2, -0.15) is 0 Å². The number of fused-ring (bicyclic) bond motifs is 1. The number of nitrogens with one attached hydrogen (secondary N) is 1. The number of carbonyl (C=O) groups is 5. The number of carboxylic acids is 1. The van der Waals surface area contributed by atoms with E-state index in [1.54, 1.807) is 31.2 Å². The lowest BCUT2D eigenvalue weighted by molar-refractivity contribution is -0.142. The Labute approximate surface area is 253 Å². The lowest BCUT2D eigenvalue weighted by Crippen LogP contribution is -2.56. The van der Waals surface area contributed by atoms with E-state index >= 15 is 0 Å². The Morgan fingerprint density at radius 2 is 1.80 bits per heavy atom. The Morgan fingerprint density at radius 3 is 2.50 bits per heavy atom. The molecule has 0 radical (unpaired) electrons. The van der Waals surface area contributed by atoms with Crippen molar-refractivity contribution in [1.82, 2.24) is 25.0 Å². The summed E-state index contributed by atoms with van der Waals surface area (Å²) in [4.78, 5) is 71.9. The summed E-state index contributed by atoms with van der Waals surface area (Å²) in [6.45, 7) is 3.13. The van der Waals surface area contributed by atoms with Crippen LogP contribution >= 0.6 is 0 Å². The van der Waals surface area contributed by atoms with Crippen LogP contribution in [0.2, 0.25) is 0 Å². The van der Waals surface area contributed by atoms with Gasteiger partial charge in [-0.25, -0.2) is 9.78 Å². The summed E-state index contributed by atoms with van der Waals surface area (Å²) < 4.78 is 16.3. The molecule has 1 aromatic heterocycles. The van der Waals surface area contributed by atoms with Gasteiger partial charge in [-0.15, -0.1) is 0 Å². The Hall–Kier alpha value is -4.50. The van der Waals surface area contributed by atoms with E-state index in [4.69, 9.17) is 14.2 Å². The van der Waals surface area contributed by atoms with Crippen molar-refractivity contribution in [2.75, 3.05) is 65.7 Å². The Bertz CT molecular complexity index is 1360. The van der Waals surface area contributed by atoms with Crippen LogP contribution in [0, 0.1) is 0 Å². The van der Waals surface area contributed by atoms with E-state index in [1.807, 2.05) is 0 Å². The normalized spacial score (nSPS) is 17.6. The van der Waals surface area contributed by atoms with Gasteiger partial charge in [0.25, 0.3) is 11.8 Å². The number of hydrogen-bond donors (Lipinski definition) is 3. The number of ether oxygens (including phenoxy) is 3. The van der Waals surface area contributed by atoms with Crippen LogP contribution in [-0.4, -0.2) is 138 Å². The Kier molecular flexibility index (Phi) is 11.3. The molecule has 0 aliphatic carbocycles. The van der Waals surface area contributed by atoms with Crippen LogP contribution in [0.1, 0.15) is 30.3 Å². The minimum atomic E-state index is -1.16. The average molecular weight is 616 g/mol. The first-order valence-electron chi connectivity index (χ1n) is 14.5. The van der Waals surface area contributed by atoms with Gasteiger partial charge in [0.2, 0.25) is 5.91 Å². The molecule has 0 spiro atoms. The second-order valence-corrected chi connectivity index (χ2v) is 10.3. The summed E-state index contributed by atoms with van der Waals surface area (Å²) in [6, 6.07) is 7.10. The predicted octanol–water partition coefficient (Wildman–Crippen LogP) is 0.0972. The molecule has 2 aliphatic heterocycles. The summed E-state index contributed by atoms with van der Waals surface area (Å²) in [6.07, 6.45) is -1.46. The maximum atomic E-state index is 13.4. The number of pyridine rings is 1. The number of aliphatic carboxylic acids is 1. The number of benzene rings is 1. The molecule has 238 valence electrons. The summed E-state index contributed by atoms with van der Waals surface area (Å²) in [7, 11) is 0. The fourth-order valence-corrected chi connectivity index (χ4v) is 4.97. The van der Waals surface area contributed by atoms with E-state index in [9.17, 15) is 34.2 Å². The van der Waals surface area contributed by atoms with Gasteiger partial charge in [0.15, 0.2) is 6.61 Å². The molecule has 4 amide bonds. The molecule has 44 heavy (non-hydrogen) atoms. The van der Waals surface area contributed by atoms with E-state index in [0.29, 0.717) is 24.1 Å². The number of piperazine rings is 1. The smallest absolute Gasteiger partial charge is 0.409 e. The molecule has 1 aromatic carbocycles. The number of morpholine rings is 1. The van der Waals surface area contributed by atoms with Crippen molar-refractivity contribution in [3.63, 3.8) is 0 Å². The molecule has 0 saturated carbocycles. The van der Waals surface area contributed by atoms with Gasteiger partial charge >= 0.3 is 12.1 Å². The van der Waals surface area contributed by atoms with E-state index in [0.717, 1.165) is 0 Å². The predicted molar refractivity (Wildman–Crippen MR) is 154 cm³/mol. The van der Waals surface area contributed by atoms with Crippen molar-refractivity contribution in [3.05, 3.63) is 36.0 Å². The van der Waals surface area contributed by atoms with E-state index in [-0.39, 0.29) is 82.7 Å². The number of carboxylic acid groups (broad SMARTS) is 1.